The fourth-order valence-corrected chi connectivity index (χ4v) is 4.45. The van der Waals surface area contributed by atoms with E-state index in [2.05, 4.69) is 6.08 Å². The van der Waals surface area contributed by atoms with Crippen LogP contribution in [0.15, 0.2) is 11.6 Å². The van der Waals surface area contributed by atoms with E-state index in [1.807, 2.05) is 0 Å². The maximum Gasteiger partial charge on any atom is 0.178 e. The molecule has 0 bridgehead atoms. The summed E-state index contributed by atoms with van der Waals surface area (Å²) in [7, 11) is 0. The molecule has 4 rings (SSSR count). The van der Waals surface area contributed by atoms with Crippen LogP contribution in [0.25, 0.3) is 0 Å². The Hall–Kier alpha value is -0.670. The summed E-state index contributed by atoms with van der Waals surface area (Å²) in [5.74, 6) is 0.791. The van der Waals surface area contributed by atoms with Gasteiger partial charge in [-0.3, -0.25) is 4.79 Å². The molecule has 3 heteroatoms. The van der Waals surface area contributed by atoms with Crippen molar-refractivity contribution in [1.82, 2.24) is 0 Å². The number of Topliss-reactive ketones (excluding diaryl/α,β-unsaturated/α-hetero) is 1. The predicted molar refractivity (Wildman–Crippen MR) is 61.3 cm³/mol. The maximum absolute atomic E-state index is 12.6. The molecular weight excluding hydrogens is 216 g/mol. The van der Waals surface area contributed by atoms with Crippen LogP contribution >= 0.6 is 0 Å². The molecule has 0 aromatic carbocycles. The summed E-state index contributed by atoms with van der Waals surface area (Å²) in [6.45, 7) is 1.31. The first-order chi connectivity index (χ1) is 8.32. The summed E-state index contributed by atoms with van der Waals surface area (Å²) in [5.41, 5.74) is 1.10. The number of allylic oxidation sites excluding steroid dienone is 2. The van der Waals surface area contributed by atoms with Gasteiger partial charge in [-0.25, -0.2) is 0 Å². The highest BCUT2D eigenvalue weighted by Gasteiger charge is 2.62. The van der Waals surface area contributed by atoms with E-state index in [9.17, 15) is 4.79 Å². The van der Waals surface area contributed by atoms with Gasteiger partial charge in [0.15, 0.2) is 11.6 Å². The Morgan fingerprint density at radius 1 is 1.24 bits per heavy atom. The Morgan fingerprint density at radius 3 is 2.88 bits per heavy atom. The molecule has 0 N–H and O–H groups in total. The smallest absolute Gasteiger partial charge is 0.178 e. The quantitative estimate of drug-likeness (QED) is 0.643. The van der Waals surface area contributed by atoms with Gasteiger partial charge in [0.05, 0.1) is 19.1 Å². The van der Waals surface area contributed by atoms with E-state index in [0.717, 1.165) is 24.8 Å². The molecule has 1 spiro atoms. The molecule has 4 aliphatic rings. The van der Waals surface area contributed by atoms with Crippen molar-refractivity contribution in [2.24, 2.45) is 17.8 Å². The van der Waals surface area contributed by atoms with Gasteiger partial charge in [-0.05, 0) is 43.1 Å². The predicted octanol–water partition coefficient (Wildman–Crippen LogP) is 2.06. The third-order valence-corrected chi connectivity index (χ3v) is 5.07. The highest BCUT2D eigenvalue weighted by Crippen LogP contribution is 2.57. The first-order valence-electron chi connectivity index (χ1n) is 6.84. The highest BCUT2D eigenvalue weighted by atomic mass is 16.7. The Morgan fingerprint density at radius 2 is 2.06 bits per heavy atom. The Labute approximate surface area is 101 Å². The molecule has 0 radical (unpaired) electrons. The Bertz CT molecular complexity index is 392. The standard InChI is InChI=1S/C14H18O3/c15-13-11-4-2-1-3-9(11)10-5-6-14(12(10)13)16-7-8-17-14/h4,9-10,12H,1-3,5-8H2/t9-,10+,12+/m1/s1. The van der Waals surface area contributed by atoms with Crippen LogP contribution in [0.4, 0.5) is 0 Å². The highest BCUT2D eigenvalue weighted by molar-refractivity contribution is 6.01. The molecule has 3 aliphatic carbocycles. The largest absolute Gasteiger partial charge is 0.347 e. The minimum absolute atomic E-state index is 0.000602. The van der Waals surface area contributed by atoms with Crippen LogP contribution in [0.2, 0.25) is 0 Å². The van der Waals surface area contributed by atoms with Crippen LogP contribution in [0.5, 0.6) is 0 Å². The average molecular weight is 234 g/mol. The average Bonchev–Trinajstić information content (AvgIpc) is 3.02. The van der Waals surface area contributed by atoms with Gasteiger partial charge in [0.25, 0.3) is 0 Å². The number of rotatable bonds is 0. The van der Waals surface area contributed by atoms with Gasteiger partial charge in [-0.15, -0.1) is 0 Å². The van der Waals surface area contributed by atoms with Crippen molar-refractivity contribution in [2.45, 2.75) is 37.9 Å². The second-order valence-electron chi connectivity index (χ2n) is 5.75. The van der Waals surface area contributed by atoms with Gasteiger partial charge in [0.2, 0.25) is 0 Å². The summed E-state index contributed by atoms with van der Waals surface area (Å²) < 4.78 is 11.6. The lowest BCUT2D eigenvalue weighted by molar-refractivity contribution is -0.185. The van der Waals surface area contributed by atoms with Gasteiger partial charge in [-0.2, -0.15) is 0 Å². The van der Waals surface area contributed by atoms with Crippen molar-refractivity contribution >= 4 is 5.78 Å². The Balaban J connectivity index is 1.75. The summed E-state index contributed by atoms with van der Waals surface area (Å²) >= 11 is 0. The number of carbonyl (C=O) groups is 1. The molecule has 1 aliphatic heterocycles. The van der Waals surface area contributed by atoms with Crippen LogP contribution in [0, 0.1) is 17.8 Å². The van der Waals surface area contributed by atoms with Gasteiger partial charge in [0.1, 0.15) is 0 Å². The van der Waals surface area contributed by atoms with Gasteiger partial charge < -0.3 is 9.47 Å². The van der Waals surface area contributed by atoms with Gasteiger partial charge in [0, 0.05) is 6.42 Å². The lowest BCUT2D eigenvalue weighted by atomic mass is 9.83. The molecule has 3 fully saturated rings. The molecule has 92 valence electrons. The van der Waals surface area contributed by atoms with Crippen molar-refractivity contribution in [1.29, 1.82) is 0 Å². The topological polar surface area (TPSA) is 35.5 Å². The summed E-state index contributed by atoms with van der Waals surface area (Å²) in [4.78, 5) is 12.6. The third kappa shape index (κ3) is 1.22. The molecule has 1 saturated heterocycles. The normalized spacial score (nSPS) is 42.7. The van der Waals surface area contributed by atoms with Gasteiger partial charge >= 0.3 is 0 Å². The zero-order valence-electron chi connectivity index (χ0n) is 9.98. The fraction of sp³-hybridized carbons (Fsp3) is 0.786. The van der Waals surface area contributed by atoms with E-state index in [-0.39, 0.29) is 5.92 Å². The van der Waals surface area contributed by atoms with Crippen molar-refractivity contribution < 1.29 is 14.3 Å². The van der Waals surface area contributed by atoms with Crippen molar-refractivity contribution in [3.8, 4) is 0 Å². The lowest BCUT2D eigenvalue weighted by Crippen LogP contribution is -2.39. The minimum Gasteiger partial charge on any atom is -0.347 e. The van der Waals surface area contributed by atoms with Crippen LogP contribution in [-0.4, -0.2) is 24.8 Å². The van der Waals surface area contributed by atoms with E-state index < -0.39 is 5.79 Å². The second kappa shape index (κ2) is 3.42. The SMILES string of the molecule is O=C1C2=CCCC[C@@H]2[C@@H]2CCC3(OCCO3)[C@H]12. The van der Waals surface area contributed by atoms with Gasteiger partial charge in [-0.1, -0.05) is 6.08 Å². The molecule has 3 nitrogen and oxygen atoms in total. The first-order valence-corrected chi connectivity index (χ1v) is 6.84. The zero-order valence-corrected chi connectivity index (χ0v) is 9.98. The van der Waals surface area contributed by atoms with Crippen molar-refractivity contribution in [2.75, 3.05) is 13.2 Å². The molecule has 0 amide bonds. The van der Waals surface area contributed by atoms with Crippen LogP contribution < -0.4 is 0 Å². The van der Waals surface area contributed by atoms with Crippen LogP contribution in [0.3, 0.4) is 0 Å². The molecule has 1 heterocycles. The lowest BCUT2D eigenvalue weighted by Gasteiger charge is -2.27. The first kappa shape index (κ1) is 10.3. The molecule has 17 heavy (non-hydrogen) atoms. The number of ketones is 1. The number of hydrogen-bond acceptors (Lipinski definition) is 3. The van der Waals surface area contributed by atoms with Crippen molar-refractivity contribution in [3.63, 3.8) is 0 Å². The molecule has 2 saturated carbocycles. The van der Waals surface area contributed by atoms with Crippen LogP contribution in [-0.2, 0) is 14.3 Å². The van der Waals surface area contributed by atoms with E-state index in [1.165, 1.54) is 12.8 Å². The third-order valence-electron chi connectivity index (χ3n) is 5.07. The maximum atomic E-state index is 12.6. The fourth-order valence-electron chi connectivity index (χ4n) is 4.45. The number of fused-ring (bicyclic) bond motifs is 4. The second-order valence-corrected chi connectivity index (χ2v) is 5.75. The molecule has 3 atom stereocenters. The van der Waals surface area contributed by atoms with E-state index in [1.54, 1.807) is 0 Å². The summed E-state index contributed by atoms with van der Waals surface area (Å²) in [6.07, 6.45) is 7.69. The molecular formula is C14H18O3. The molecule has 0 aromatic rings. The molecule has 0 aromatic heterocycles. The number of carbonyl (C=O) groups excluding carboxylic acids is 1. The monoisotopic (exact) mass is 234 g/mol. The summed E-state index contributed by atoms with van der Waals surface area (Å²) in [5, 5.41) is 0. The molecule has 0 unspecified atom stereocenters. The van der Waals surface area contributed by atoms with E-state index in [4.69, 9.17) is 9.47 Å². The Kier molecular flexibility index (Phi) is 2.07. The van der Waals surface area contributed by atoms with E-state index >= 15 is 0 Å². The minimum atomic E-state index is -0.542. The number of hydrogen-bond donors (Lipinski definition) is 0. The summed E-state index contributed by atoms with van der Waals surface area (Å²) in [6, 6.07) is 0. The van der Waals surface area contributed by atoms with E-state index in [0.29, 0.717) is 30.8 Å². The number of ether oxygens (including phenoxy) is 2. The van der Waals surface area contributed by atoms with Crippen LogP contribution in [0.1, 0.15) is 32.1 Å². The zero-order chi connectivity index (χ0) is 11.5. The van der Waals surface area contributed by atoms with Crippen molar-refractivity contribution in [3.05, 3.63) is 11.6 Å².